The number of benzene rings is 1. The highest BCUT2D eigenvalue weighted by molar-refractivity contribution is 7.18. The lowest BCUT2D eigenvalue weighted by molar-refractivity contribution is -0.120. The van der Waals surface area contributed by atoms with Crippen LogP contribution >= 0.6 is 11.3 Å². The summed E-state index contributed by atoms with van der Waals surface area (Å²) in [7, 11) is 0. The fourth-order valence-electron chi connectivity index (χ4n) is 2.66. The lowest BCUT2D eigenvalue weighted by atomic mass is 9.89. The van der Waals surface area contributed by atoms with Gasteiger partial charge in [0.25, 0.3) is 0 Å². The predicted octanol–water partition coefficient (Wildman–Crippen LogP) is 4.03. The van der Waals surface area contributed by atoms with Crippen LogP contribution in [-0.2, 0) is 4.79 Å². The molecule has 3 rings (SSSR count). The highest BCUT2D eigenvalue weighted by Crippen LogP contribution is 2.28. The smallest absolute Gasteiger partial charge is 0.229 e. The van der Waals surface area contributed by atoms with Crippen LogP contribution in [0.1, 0.15) is 37.7 Å². The molecule has 110 valence electrons. The minimum Gasteiger partial charge on any atom is -0.300 e. The zero-order valence-corrected chi connectivity index (χ0v) is 12.9. The third kappa shape index (κ3) is 3.47. The van der Waals surface area contributed by atoms with Gasteiger partial charge in [-0.15, -0.1) is 10.2 Å². The Hall–Kier alpha value is -1.75. The number of amides is 1. The van der Waals surface area contributed by atoms with E-state index < -0.39 is 0 Å². The van der Waals surface area contributed by atoms with Gasteiger partial charge in [0.1, 0.15) is 5.01 Å². The first-order chi connectivity index (χ1) is 10.2. The number of hydrogen-bond acceptors (Lipinski definition) is 4. The molecule has 1 amide bonds. The Morgan fingerprint density at radius 2 is 1.86 bits per heavy atom. The second-order valence-electron chi connectivity index (χ2n) is 5.60. The van der Waals surface area contributed by atoms with Crippen LogP contribution < -0.4 is 5.32 Å². The van der Waals surface area contributed by atoms with Crippen molar-refractivity contribution in [1.82, 2.24) is 10.2 Å². The standard InChI is InChI=1S/C16H19N3OS/c1-11-7-9-13(10-8-11)15-18-19-16(21-15)17-14(20)12-5-3-2-4-6-12/h7-10,12H,2-6H2,1H3,(H,17,19,20). The topological polar surface area (TPSA) is 54.9 Å². The number of nitrogens with one attached hydrogen (secondary N) is 1. The van der Waals surface area contributed by atoms with E-state index in [2.05, 4.69) is 34.6 Å². The summed E-state index contributed by atoms with van der Waals surface area (Å²) in [6, 6.07) is 8.17. The number of aromatic nitrogens is 2. The van der Waals surface area contributed by atoms with Gasteiger partial charge in [-0.2, -0.15) is 0 Å². The van der Waals surface area contributed by atoms with Gasteiger partial charge in [-0.05, 0) is 19.8 Å². The Kier molecular flexibility index (Phi) is 4.29. The summed E-state index contributed by atoms with van der Waals surface area (Å²) < 4.78 is 0. The van der Waals surface area contributed by atoms with Crippen molar-refractivity contribution >= 4 is 22.4 Å². The third-order valence-corrected chi connectivity index (χ3v) is 4.82. The van der Waals surface area contributed by atoms with Crippen molar-refractivity contribution in [2.24, 2.45) is 5.92 Å². The minimum atomic E-state index is 0.0984. The van der Waals surface area contributed by atoms with Crippen molar-refractivity contribution in [3.63, 3.8) is 0 Å². The number of aryl methyl sites for hydroxylation is 1. The molecule has 0 radical (unpaired) electrons. The number of hydrogen-bond donors (Lipinski definition) is 1. The largest absolute Gasteiger partial charge is 0.300 e. The Bertz CT molecular complexity index is 615. The molecule has 0 saturated heterocycles. The number of rotatable bonds is 3. The molecule has 0 aliphatic heterocycles. The second kappa shape index (κ2) is 6.35. The van der Waals surface area contributed by atoms with E-state index in [0.717, 1.165) is 36.3 Å². The average molecular weight is 301 g/mol. The van der Waals surface area contributed by atoms with E-state index in [1.807, 2.05) is 12.1 Å². The summed E-state index contributed by atoms with van der Waals surface area (Å²) in [5.74, 6) is 0.242. The first-order valence-electron chi connectivity index (χ1n) is 7.44. The van der Waals surface area contributed by atoms with E-state index in [1.165, 1.54) is 23.3 Å². The first-order valence-corrected chi connectivity index (χ1v) is 8.25. The quantitative estimate of drug-likeness (QED) is 0.931. The molecular formula is C16H19N3OS. The number of carbonyl (C=O) groups is 1. The maximum Gasteiger partial charge on any atom is 0.229 e. The lowest BCUT2D eigenvalue weighted by Crippen LogP contribution is -2.24. The molecule has 1 aromatic carbocycles. The van der Waals surface area contributed by atoms with Crippen LogP contribution in [0, 0.1) is 12.8 Å². The summed E-state index contributed by atoms with van der Waals surface area (Å²) in [6.45, 7) is 2.06. The Morgan fingerprint density at radius 3 is 2.57 bits per heavy atom. The van der Waals surface area contributed by atoms with Gasteiger partial charge in [-0.25, -0.2) is 0 Å². The molecule has 0 unspecified atom stereocenters. The molecule has 1 heterocycles. The normalized spacial score (nSPS) is 15.9. The fraction of sp³-hybridized carbons (Fsp3) is 0.438. The highest BCUT2D eigenvalue weighted by atomic mass is 32.1. The molecule has 1 aromatic heterocycles. The molecule has 5 heteroatoms. The van der Waals surface area contributed by atoms with E-state index in [-0.39, 0.29) is 11.8 Å². The Labute approximate surface area is 128 Å². The summed E-state index contributed by atoms with van der Waals surface area (Å²) >= 11 is 1.43. The van der Waals surface area contributed by atoms with Crippen LogP contribution in [0.2, 0.25) is 0 Å². The van der Waals surface area contributed by atoms with Crippen LogP contribution in [-0.4, -0.2) is 16.1 Å². The Morgan fingerprint density at radius 1 is 1.14 bits per heavy atom. The van der Waals surface area contributed by atoms with Gasteiger partial charge in [-0.1, -0.05) is 60.4 Å². The van der Waals surface area contributed by atoms with E-state index in [4.69, 9.17) is 0 Å². The molecular weight excluding hydrogens is 282 g/mol. The van der Waals surface area contributed by atoms with E-state index in [9.17, 15) is 4.79 Å². The van der Waals surface area contributed by atoms with Crippen LogP contribution in [0.3, 0.4) is 0 Å². The van der Waals surface area contributed by atoms with Crippen molar-refractivity contribution in [2.75, 3.05) is 5.32 Å². The van der Waals surface area contributed by atoms with Gasteiger partial charge < -0.3 is 5.32 Å². The van der Waals surface area contributed by atoms with Crippen molar-refractivity contribution in [1.29, 1.82) is 0 Å². The van der Waals surface area contributed by atoms with Crippen molar-refractivity contribution < 1.29 is 4.79 Å². The van der Waals surface area contributed by atoms with Crippen molar-refractivity contribution in [3.05, 3.63) is 29.8 Å². The third-order valence-electron chi connectivity index (χ3n) is 3.93. The van der Waals surface area contributed by atoms with Crippen LogP contribution in [0.15, 0.2) is 24.3 Å². The molecule has 0 atom stereocenters. The predicted molar refractivity (Wildman–Crippen MR) is 85.3 cm³/mol. The summed E-state index contributed by atoms with van der Waals surface area (Å²) in [5.41, 5.74) is 2.25. The highest BCUT2D eigenvalue weighted by Gasteiger charge is 2.22. The van der Waals surface area contributed by atoms with Crippen LogP contribution in [0.4, 0.5) is 5.13 Å². The lowest BCUT2D eigenvalue weighted by Gasteiger charge is -2.19. The molecule has 1 saturated carbocycles. The number of anilines is 1. The van der Waals surface area contributed by atoms with Crippen LogP contribution in [0.25, 0.3) is 10.6 Å². The van der Waals surface area contributed by atoms with Gasteiger partial charge >= 0.3 is 0 Å². The first kappa shape index (κ1) is 14.2. The molecule has 1 aliphatic carbocycles. The van der Waals surface area contributed by atoms with Crippen LogP contribution in [0.5, 0.6) is 0 Å². The zero-order chi connectivity index (χ0) is 14.7. The molecule has 0 bridgehead atoms. The number of carbonyl (C=O) groups excluding carboxylic acids is 1. The summed E-state index contributed by atoms with van der Waals surface area (Å²) in [5, 5.41) is 12.6. The summed E-state index contributed by atoms with van der Waals surface area (Å²) in [4.78, 5) is 12.2. The minimum absolute atomic E-state index is 0.0984. The average Bonchev–Trinajstić information content (AvgIpc) is 2.97. The van der Waals surface area contributed by atoms with Gasteiger partial charge in [0, 0.05) is 11.5 Å². The zero-order valence-electron chi connectivity index (χ0n) is 12.1. The maximum atomic E-state index is 12.2. The van der Waals surface area contributed by atoms with Crippen molar-refractivity contribution in [3.8, 4) is 10.6 Å². The summed E-state index contributed by atoms with van der Waals surface area (Å²) in [6.07, 6.45) is 5.55. The number of nitrogens with zero attached hydrogens (tertiary/aromatic N) is 2. The molecule has 1 fully saturated rings. The van der Waals surface area contributed by atoms with Gasteiger partial charge in [0.2, 0.25) is 11.0 Å². The van der Waals surface area contributed by atoms with Gasteiger partial charge in [0.15, 0.2) is 0 Å². The molecule has 0 spiro atoms. The van der Waals surface area contributed by atoms with Gasteiger partial charge in [0.05, 0.1) is 0 Å². The fourth-order valence-corrected chi connectivity index (χ4v) is 3.41. The SMILES string of the molecule is Cc1ccc(-c2nnc(NC(=O)C3CCCCC3)s2)cc1. The Balaban J connectivity index is 1.67. The second-order valence-corrected chi connectivity index (χ2v) is 6.58. The molecule has 4 nitrogen and oxygen atoms in total. The van der Waals surface area contributed by atoms with Crippen molar-refractivity contribution in [2.45, 2.75) is 39.0 Å². The molecule has 1 N–H and O–H groups in total. The molecule has 2 aromatic rings. The van der Waals surface area contributed by atoms with E-state index in [0.29, 0.717) is 5.13 Å². The molecule has 1 aliphatic rings. The monoisotopic (exact) mass is 301 g/mol. The van der Waals surface area contributed by atoms with E-state index >= 15 is 0 Å². The molecule has 21 heavy (non-hydrogen) atoms. The maximum absolute atomic E-state index is 12.2. The van der Waals surface area contributed by atoms with Gasteiger partial charge in [-0.3, -0.25) is 4.79 Å². The van der Waals surface area contributed by atoms with E-state index in [1.54, 1.807) is 0 Å².